The highest BCUT2D eigenvalue weighted by Crippen LogP contribution is 2.20. The predicted molar refractivity (Wildman–Crippen MR) is 66.0 cm³/mol. The molecule has 1 saturated carbocycles. The Balaban J connectivity index is 1.72. The summed E-state index contributed by atoms with van der Waals surface area (Å²) < 4.78 is 12.7. The first kappa shape index (κ1) is 12.5. The van der Waals surface area contributed by atoms with Crippen LogP contribution in [0.15, 0.2) is 24.3 Å². The first-order chi connectivity index (χ1) is 8.24. The summed E-state index contributed by atoms with van der Waals surface area (Å²) in [6.07, 6.45) is 6.11. The monoisotopic (exact) mass is 237 g/mol. The molecule has 0 aliphatic heterocycles. The quantitative estimate of drug-likeness (QED) is 0.794. The van der Waals surface area contributed by atoms with Crippen LogP contribution in [0.2, 0.25) is 0 Å². The van der Waals surface area contributed by atoms with Crippen LogP contribution in [0.4, 0.5) is 4.39 Å². The lowest BCUT2D eigenvalue weighted by Crippen LogP contribution is -2.31. The highest BCUT2D eigenvalue weighted by Gasteiger charge is 2.16. The molecule has 0 bridgehead atoms. The van der Waals surface area contributed by atoms with E-state index in [1.165, 1.54) is 25.0 Å². The molecule has 1 aliphatic carbocycles. The normalized spacial score (nSPS) is 18.5. The van der Waals surface area contributed by atoms with Gasteiger partial charge in [-0.3, -0.25) is 4.84 Å². The van der Waals surface area contributed by atoms with Crippen LogP contribution in [0.3, 0.4) is 0 Å². The third kappa shape index (κ3) is 4.10. The summed E-state index contributed by atoms with van der Waals surface area (Å²) in [6.45, 7) is 2.08. The zero-order valence-corrected chi connectivity index (χ0v) is 10.3. The van der Waals surface area contributed by atoms with Crippen molar-refractivity contribution in [3.05, 3.63) is 35.6 Å². The van der Waals surface area contributed by atoms with Crippen LogP contribution in [-0.4, -0.2) is 12.1 Å². The minimum Gasteiger partial charge on any atom is -0.298 e. The Morgan fingerprint density at radius 2 is 1.94 bits per heavy atom. The van der Waals surface area contributed by atoms with Crippen molar-refractivity contribution in [1.82, 2.24) is 5.48 Å². The number of nitrogens with one attached hydrogen (secondary N) is 1. The van der Waals surface area contributed by atoms with Crippen molar-refractivity contribution in [3.8, 4) is 0 Å². The van der Waals surface area contributed by atoms with Crippen LogP contribution in [-0.2, 0) is 11.3 Å². The van der Waals surface area contributed by atoms with Crippen molar-refractivity contribution >= 4 is 0 Å². The molecule has 94 valence electrons. The van der Waals surface area contributed by atoms with Crippen LogP contribution in [0.1, 0.15) is 38.2 Å². The Morgan fingerprint density at radius 3 is 2.59 bits per heavy atom. The second-order valence-electron chi connectivity index (χ2n) is 4.87. The highest BCUT2D eigenvalue weighted by atomic mass is 19.1. The van der Waals surface area contributed by atoms with E-state index in [-0.39, 0.29) is 11.9 Å². The Morgan fingerprint density at radius 1 is 1.29 bits per heavy atom. The van der Waals surface area contributed by atoms with Crippen molar-refractivity contribution in [3.63, 3.8) is 0 Å². The van der Waals surface area contributed by atoms with E-state index in [0.717, 1.165) is 24.8 Å². The van der Waals surface area contributed by atoms with Gasteiger partial charge in [0.2, 0.25) is 0 Å². The predicted octanol–water partition coefficient (Wildman–Crippen LogP) is 3.22. The highest BCUT2D eigenvalue weighted by molar-refractivity contribution is 5.16. The van der Waals surface area contributed by atoms with Gasteiger partial charge in [0.1, 0.15) is 5.82 Å². The van der Waals surface area contributed by atoms with E-state index in [2.05, 4.69) is 12.4 Å². The van der Waals surface area contributed by atoms with E-state index in [0.29, 0.717) is 6.10 Å². The molecule has 1 fully saturated rings. The van der Waals surface area contributed by atoms with Crippen molar-refractivity contribution in [2.45, 2.75) is 51.2 Å². The topological polar surface area (TPSA) is 21.3 Å². The van der Waals surface area contributed by atoms with Crippen molar-refractivity contribution < 1.29 is 9.23 Å². The summed E-state index contributed by atoms with van der Waals surface area (Å²) in [6, 6.07) is 6.90. The van der Waals surface area contributed by atoms with E-state index in [1.807, 2.05) is 12.1 Å². The molecular weight excluding hydrogens is 217 g/mol. The molecule has 1 N–H and O–H groups in total. The minimum absolute atomic E-state index is 0.184. The molecule has 17 heavy (non-hydrogen) atoms. The van der Waals surface area contributed by atoms with Crippen LogP contribution in [0.5, 0.6) is 0 Å². The fourth-order valence-corrected chi connectivity index (χ4v) is 2.23. The largest absolute Gasteiger partial charge is 0.298 e. The number of hydrogen-bond acceptors (Lipinski definition) is 2. The van der Waals surface area contributed by atoms with E-state index < -0.39 is 0 Å². The molecule has 2 nitrogen and oxygen atoms in total. The van der Waals surface area contributed by atoms with Gasteiger partial charge in [0, 0.05) is 6.04 Å². The van der Waals surface area contributed by atoms with Gasteiger partial charge in [-0.05, 0) is 43.9 Å². The van der Waals surface area contributed by atoms with Gasteiger partial charge in [-0.25, -0.2) is 4.39 Å². The molecule has 1 aromatic rings. The third-order valence-electron chi connectivity index (χ3n) is 3.19. The third-order valence-corrected chi connectivity index (χ3v) is 3.19. The zero-order chi connectivity index (χ0) is 12.1. The molecule has 0 amide bonds. The molecular formula is C14H20FNO. The second-order valence-corrected chi connectivity index (χ2v) is 4.87. The van der Waals surface area contributed by atoms with Crippen LogP contribution in [0.25, 0.3) is 0 Å². The summed E-state index contributed by atoms with van der Waals surface area (Å²) in [7, 11) is 0. The van der Waals surface area contributed by atoms with Gasteiger partial charge in [0.05, 0.1) is 6.10 Å². The lowest BCUT2D eigenvalue weighted by atomic mass is 10.1. The van der Waals surface area contributed by atoms with Crippen molar-refractivity contribution in [1.29, 1.82) is 0 Å². The fourth-order valence-electron chi connectivity index (χ4n) is 2.23. The Labute approximate surface area is 102 Å². The smallest absolute Gasteiger partial charge is 0.123 e. The number of hydrogen-bond donors (Lipinski definition) is 1. The SMILES string of the molecule is CC(Cc1ccc(F)cc1)NOC1CCCC1. The van der Waals surface area contributed by atoms with E-state index >= 15 is 0 Å². The molecule has 1 unspecified atom stereocenters. The van der Waals surface area contributed by atoms with Gasteiger partial charge in [0.25, 0.3) is 0 Å². The number of hydroxylamine groups is 1. The fraction of sp³-hybridized carbons (Fsp3) is 0.571. The lowest BCUT2D eigenvalue weighted by molar-refractivity contribution is -0.0369. The summed E-state index contributed by atoms with van der Waals surface area (Å²) in [5, 5.41) is 0. The van der Waals surface area contributed by atoms with Gasteiger partial charge in [0.15, 0.2) is 0 Å². The maximum atomic E-state index is 12.7. The number of benzene rings is 1. The summed E-state index contributed by atoms with van der Waals surface area (Å²) in [4.78, 5) is 5.64. The maximum Gasteiger partial charge on any atom is 0.123 e. The van der Waals surface area contributed by atoms with Crippen LogP contribution in [0, 0.1) is 5.82 Å². The van der Waals surface area contributed by atoms with E-state index in [4.69, 9.17) is 4.84 Å². The molecule has 0 saturated heterocycles. The van der Waals surface area contributed by atoms with Gasteiger partial charge in [-0.15, -0.1) is 0 Å². The molecule has 1 atom stereocenters. The number of halogens is 1. The van der Waals surface area contributed by atoms with Crippen molar-refractivity contribution in [2.24, 2.45) is 0 Å². The zero-order valence-electron chi connectivity index (χ0n) is 10.3. The minimum atomic E-state index is -0.184. The molecule has 0 aromatic heterocycles. The van der Waals surface area contributed by atoms with E-state index in [9.17, 15) is 4.39 Å². The molecule has 0 spiro atoms. The van der Waals surface area contributed by atoms with Crippen LogP contribution >= 0.6 is 0 Å². The summed E-state index contributed by atoms with van der Waals surface area (Å²) in [5.74, 6) is -0.184. The Kier molecular flexibility index (Phi) is 4.51. The van der Waals surface area contributed by atoms with Crippen LogP contribution < -0.4 is 5.48 Å². The second kappa shape index (κ2) is 6.12. The van der Waals surface area contributed by atoms with Gasteiger partial charge >= 0.3 is 0 Å². The van der Waals surface area contributed by atoms with Gasteiger partial charge in [-0.2, -0.15) is 5.48 Å². The molecule has 1 aliphatic rings. The molecule has 2 rings (SSSR count). The molecule has 0 radical (unpaired) electrons. The molecule has 0 heterocycles. The van der Waals surface area contributed by atoms with Gasteiger partial charge < -0.3 is 0 Å². The standard InChI is InChI=1S/C14H20FNO/c1-11(16-17-14-4-2-3-5-14)10-12-6-8-13(15)9-7-12/h6-9,11,14,16H,2-5,10H2,1H3. The molecule has 3 heteroatoms. The summed E-state index contributed by atoms with van der Waals surface area (Å²) >= 11 is 0. The average molecular weight is 237 g/mol. The van der Waals surface area contributed by atoms with Gasteiger partial charge in [-0.1, -0.05) is 25.0 Å². The Hall–Kier alpha value is -0.930. The molecule has 1 aromatic carbocycles. The number of rotatable bonds is 5. The first-order valence-corrected chi connectivity index (χ1v) is 6.39. The van der Waals surface area contributed by atoms with Crippen molar-refractivity contribution in [2.75, 3.05) is 0 Å². The summed E-state index contributed by atoms with van der Waals surface area (Å²) in [5.41, 5.74) is 4.22. The maximum absolute atomic E-state index is 12.7. The Bertz CT molecular complexity index is 333. The lowest BCUT2D eigenvalue weighted by Gasteiger charge is -2.17. The average Bonchev–Trinajstić information content (AvgIpc) is 2.83. The van der Waals surface area contributed by atoms with E-state index in [1.54, 1.807) is 0 Å². The first-order valence-electron chi connectivity index (χ1n) is 6.39.